The molecule has 0 aromatic heterocycles. The molecule has 0 unspecified atom stereocenters. The zero-order chi connectivity index (χ0) is 10.3. The molecule has 15 heavy (non-hydrogen) atoms. The third-order valence-electron chi connectivity index (χ3n) is 2.70. The van der Waals surface area contributed by atoms with Crippen molar-refractivity contribution in [2.45, 2.75) is 0 Å². The van der Waals surface area contributed by atoms with Gasteiger partial charge in [-0.25, -0.2) is 0 Å². The molecule has 1 N–H and O–H groups in total. The summed E-state index contributed by atoms with van der Waals surface area (Å²) in [7, 11) is 1.67. The molecule has 0 amide bonds. The first-order chi connectivity index (χ1) is 7.38. The van der Waals surface area contributed by atoms with Gasteiger partial charge in [0.25, 0.3) is 0 Å². The Hall–Kier alpha value is -1.96. The van der Waals surface area contributed by atoms with Crippen molar-refractivity contribution in [1.29, 1.82) is 0 Å². The molecule has 0 spiro atoms. The summed E-state index contributed by atoms with van der Waals surface area (Å²) in [6.07, 6.45) is 2.02. The van der Waals surface area contributed by atoms with Crippen molar-refractivity contribution in [3.05, 3.63) is 47.8 Å². The fraction of sp³-hybridized carbons (Fsp3) is 0.0769. The number of hydrogen-bond donors (Lipinski definition) is 1. The van der Waals surface area contributed by atoms with Crippen LogP contribution in [0.4, 0.5) is 5.69 Å². The van der Waals surface area contributed by atoms with Crippen molar-refractivity contribution in [3.63, 3.8) is 0 Å². The molecule has 2 aromatic carbocycles. The van der Waals surface area contributed by atoms with Gasteiger partial charge in [-0.1, -0.05) is 30.3 Å². The van der Waals surface area contributed by atoms with Crippen molar-refractivity contribution < 1.29 is 4.74 Å². The fourth-order valence-corrected chi connectivity index (χ4v) is 2.01. The Kier molecular flexibility index (Phi) is 1.68. The minimum Gasteiger partial charge on any atom is -0.482 e. The summed E-state index contributed by atoms with van der Waals surface area (Å²) >= 11 is 0. The van der Waals surface area contributed by atoms with E-state index in [0.29, 0.717) is 0 Å². The van der Waals surface area contributed by atoms with Crippen molar-refractivity contribution in [2.24, 2.45) is 0 Å². The largest absolute Gasteiger partial charge is 0.482 e. The normalized spacial score (nSPS) is 13.3. The second kappa shape index (κ2) is 3.02. The van der Waals surface area contributed by atoms with Crippen molar-refractivity contribution in [2.75, 3.05) is 12.4 Å². The van der Waals surface area contributed by atoms with E-state index in [1.54, 1.807) is 7.11 Å². The van der Waals surface area contributed by atoms with E-state index in [1.165, 1.54) is 16.3 Å². The van der Waals surface area contributed by atoms with Crippen LogP contribution in [0.5, 0.6) is 0 Å². The van der Waals surface area contributed by atoms with Gasteiger partial charge in [-0.05, 0) is 17.0 Å². The quantitative estimate of drug-likeness (QED) is 0.758. The Morgan fingerprint density at radius 2 is 1.87 bits per heavy atom. The lowest BCUT2D eigenvalue weighted by Crippen LogP contribution is -2.06. The van der Waals surface area contributed by atoms with Gasteiger partial charge < -0.3 is 10.1 Å². The van der Waals surface area contributed by atoms with Crippen LogP contribution < -0.4 is 5.32 Å². The van der Waals surface area contributed by atoms with Gasteiger partial charge in [-0.2, -0.15) is 0 Å². The average Bonchev–Trinajstić information content (AvgIpc) is 2.29. The Labute approximate surface area is 88.2 Å². The summed E-state index contributed by atoms with van der Waals surface area (Å²) < 4.78 is 5.23. The Bertz CT molecular complexity index is 552. The van der Waals surface area contributed by atoms with E-state index in [4.69, 9.17) is 4.74 Å². The molecule has 2 nitrogen and oxygen atoms in total. The van der Waals surface area contributed by atoms with Crippen LogP contribution in [0, 0.1) is 0 Å². The second-order valence-corrected chi connectivity index (χ2v) is 3.59. The first kappa shape index (κ1) is 8.36. The van der Waals surface area contributed by atoms with Crippen LogP contribution in [-0.2, 0) is 4.74 Å². The number of benzene rings is 2. The van der Waals surface area contributed by atoms with E-state index in [9.17, 15) is 0 Å². The molecule has 2 heteroatoms. The maximum absolute atomic E-state index is 5.23. The molecule has 1 aliphatic heterocycles. The Balaban J connectivity index is 2.38. The summed E-state index contributed by atoms with van der Waals surface area (Å²) in [5.41, 5.74) is 2.32. The van der Waals surface area contributed by atoms with Crippen LogP contribution in [0.25, 0.3) is 16.8 Å². The van der Waals surface area contributed by atoms with Crippen LogP contribution in [-0.4, -0.2) is 7.11 Å². The van der Waals surface area contributed by atoms with Crippen molar-refractivity contribution in [1.82, 2.24) is 0 Å². The molecule has 1 aliphatic rings. The van der Waals surface area contributed by atoms with Crippen LogP contribution in [0.3, 0.4) is 0 Å². The van der Waals surface area contributed by atoms with Crippen LogP contribution in [0.2, 0.25) is 0 Å². The molecular weight excluding hydrogens is 186 g/mol. The van der Waals surface area contributed by atoms with Gasteiger partial charge in [0.05, 0.1) is 7.11 Å². The van der Waals surface area contributed by atoms with Gasteiger partial charge in [0, 0.05) is 17.1 Å². The van der Waals surface area contributed by atoms with E-state index < -0.39 is 0 Å². The minimum atomic E-state index is 0.793. The highest BCUT2D eigenvalue weighted by Gasteiger charge is 2.11. The first-order valence-electron chi connectivity index (χ1n) is 4.93. The van der Waals surface area contributed by atoms with E-state index in [1.807, 2.05) is 12.1 Å². The molecule has 0 saturated heterocycles. The third kappa shape index (κ3) is 1.18. The molecule has 2 aromatic rings. The van der Waals surface area contributed by atoms with Crippen molar-refractivity contribution in [3.8, 4) is 0 Å². The predicted molar refractivity (Wildman–Crippen MR) is 62.6 cm³/mol. The van der Waals surface area contributed by atoms with E-state index in [-0.39, 0.29) is 0 Å². The number of nitrogens with one attached hydrogen (secondary N) is 1. The molecule has 0 bridgehead atoms. The number of rotatable bonds is 1. The van der Waals surface area contributed by atoms with Gasteiger partial charge >= 0.3 is 0 Å². The summed E-state index contributed by atoms with van der Waals surface area (Å²) in [6, 6.07) is 12.5. The lowest BCUT2D eigenvalue weighted by atomic mass is 10.0. The highest BCUT2D eigenvalue weighted by atomic mass is 16.5. The van der Waals surface area contributed by atoms with Gasteiger partial charge in [-0.15, -0.1) is 0 Å². The van der Waals surface area contributed by atoms with Gasteiger partial charge in [0.2, 0.25) is 0 Å². The molecule has 0 saturated carbocycles. The molecule has 1 heterocycles. The van der Waals surface area contributed by atoms with E-state index in [2.05, 4.69) is 35.6 Å². The van der Waals surface area contributed by atoms with E-state index >= 15 is 0 Å². The molecule has 0 fully saturated rings. The van der Waals surface area contributed by atoms with E-state index in [0.717, 1.165) is 11.6 Å². The van der Waals surface area contributed by atoms with Crippen LogP contribution >= 0.6 is 0 Å². The van der Waals surface area contributed by atoms with Crippen LogP contribution in [0.1, 0.15) is 5.56 Å². The van der Waals surface area contributed by atoms with Gasteiger partial charge in [-0.3, -0.25) is 0 Å². The smallest absolute Gasteiger partial charge is 0.191 e. The second-order valence-electron chi connectivity index (χ2n) is 3.59. The molecule has 3 rings (SSSR count). The summed E-state index contributed by atoms with van der Waals surface area (Å²) in [4.78, 5) is 0. The molecule has 74 valence electrons. The monoisotopic (exact) mass is 197 g/mol. The fourth-order valence-electron chi connectivity index (χ4n) is 2.01. The average molecular weight is 197 g/mol. The first-order valence-corrected chi connectivity index (χ1v) is 4.93. The van der Waals surface area contributed by atoms with Gasteiger partial charge in [0.1, 0.15) is 0 Å². The summed E-state index contributed by atoms with van der Waals surface area (Å²) in [6.45, 7) is 0. The summed E-state index contributed by atoms with van der Waals surface area (Å²) in [5.74, 6) is 0.793. The molecule has 0 radical (unpaired) electrons. The lowest BCUT2D eigenvalue weighted by molar-refractivity contribution is 0.301. The minimum absolute atomic E-state index is 0.793. The standard InChI is InChI=1S/C13H11NO/c1-15-12-8-10-6-2-4-9-5-3-7-11(14-12)13(9)10/h2-8,14H,1H3. The van der Waals surface area contributed by atoms with Crippen molar-refractivity contribution >= 4 is 22.5 Å². The third-order valence-corrected chi connectivity index (χ3v) is 2.70. The lowest BCUT2D eigenvalue weighted by Gasteiger charge is -2.18. The molecular formula is C13H11NO. The maximum atomic E-state index is 5.23. The highest BCUT2D eigenvalue weighted by molar-refractivity contribution is 6.02. The molecule has 0 atom stereocenters. The zero-order valence-electron chi connectivity index (χ0n) is 8.45. The van der Waals surface area contributed by atoms with Gasteiger partial charge in [0.15, 0.2) is 5.88 Å². The predicted octanol–water partition coefficient (Wildman–Crippen LogP) is 3.21. The maximum Gasteiger partial charge on any atom is 0.191 e. The number of anilines is 1. The Morgan fingerprint density at radius 3 is 2.67 bits per heavy atom. The van der Waals surface area contributed by atoms with Crippen LogP contribution in [0.15, 0.2) is 42.3 Å². The number of ether oxygens (including phenoxy) is 1. The highest BCUT2D eigenvalue weighted by Crippen LogP contribution is 2.32. The Morgan fingerprint density at radius 1 is 1.07 bits per heavy atom. The topological polar surface area (TPSA) is 21.3 Å². The summed E-state index contributed by atoms with van der Waals surface area (Å²) in [5, 5.41) is 5.77. The number of methoxy groups -OCH3 is 1. The number of hydrogen-bond acceptors (Lipinski definition) is 2. The SMILES string of the molecule is COC1=Cc2cccc3cccc(c23)N1. The molecule has 0 aliphatic carbocycles. The zero-order valence-corrected chi connectivity index (χ0v) is 8.45.